The minimum absolute atomic E-state index is 0.0443. The van der Waals surface area contributed by atoms with Crippen molar-refractivity contribution in [3.8, 4) is 0 Å². The zero-order chi connectivity index (χ0) is 28.8. The molecule has 212 valence electrons. The number of nitrogens with one attached hydrogen (secondary N) is 3. The maximum atomic E-state index is 13.3. The van der Waals surface area contributed by atoms with Gasteiger partial charge in [0.2, 0.25) is 17.7 Å². The third-order valence-corrected chi connectivity index (χ3v) is 5.78. The molecule has 1 aromatic carbocycles. The average molecular weight is 534 g/mol. The predicted molar refractivity (Wildman–Crippen MR) is 146 cm³/mol. The lowest BCUT2D eigenvalue weighted by Crippen LogP contribution is -2.58. The molecule has 0 radical (unpaired) electrons. The van der Waals surface area contributed by atoms with Gasteiger partial charge >= 0.3 is 5.97 Å². The second-order valence-corrected chi connectivity index (χ2v) is 10.1. The zero-order valence-corrected chi connectivity index (χ0v) is 22.6. The molecule has 3 amide bonds. The molecule has 0 aromatic heterocycles. The standard InChI is InChI=1S/C26H43N7O5/c1-15(2)13-20(32-22(34)18(27)14-17-9-6-5-7-10-17)24(36)31-19(11-8-12-30-26(28)29)23(35)33-21(16(3)4)25(37)38/h5-7,9-10,15-16,18-21H,8,11-14,27H2,1-4H3,(H,31,36)(H,32,34)(H,33,35)(H,37,38)(H4,28,29,30). The molecule has 4 unspecified atom stereocenters. The Bertz CT molecular complexity index is 949. The van der Waals surface area contributed by atoms with Crippen LogP contribution in [0.25, 0.3) is 0 Å². The highest BCUT2D eigenvalue weighted by Crippen LogP contribution is 2.10. The van der Waals surface area contributed by atoms with Crippen molar-refractivity contribution in [2.24, 2.45) is 34.0 Å². The summed E-state index contributed by atoms with van der Waals surface area (Å²) in [5.41, 5.74) is 17.7. The summed E-state index contributed by atoms with van der Waals surface area (Å²) in [6.07, 6.45) is 1.10. The number of benzene rings is 1. The first-order chi connectivity index (χ1) is 17.8. The van der Waals surface area contributed by atoms with Crippen LogP contribution in [0.5, 0.6) is 0 Å². The third kappa shape index (κ3) is 12.0. The minimum Gasteiger partial charge on any atom is -0.480 e. The molecule has 12 heteroatoms. The van der Waals surface area contributed by atoms with Gasteiger partial charge in [0.15, 0.2) is 5.96 Å². The van der Waals surface area contributed by atoms with Crippen LogP contribution >= 0.6 is 0 Å². The maximum absolute atomic E-state index is 13.3. The van der Waals surface area contributed by atoms with Crippen molar-refractivity contribution in [1.82, 2.24) is 16.0 Å². The highest BCUT2D eigenvalue weighted by atomic mass is 16.4. The lowest BCUT2D eigenvalue weighted by molar-refractivity contribution is -0.143. The molecular weight excluding hydrogens is 490 g/mol. The van der Waals surface area contributed by atoms with E-state index in [9.17, 15) is 24.3 Å². The van der Waals surface area contributed by atoms with Gasteiger partial charge in [-0.25, -0.2) is 4.79 Å². The van der Waals surface area contributed by atoms with Gasteiger partial charge in [-0.15, -0.1) is 0 Å². The maximum Gasteiger partial charge on any atom is 0.326 e. The van der Waals surface area contributed by atoms with Crippen molar-refractivity contribution >= 4 is 29.7 Å². The zero-order valence-electron chi connectivity index (χ0n) is 22.6. The molecule has 0 aliphatic heterocycles. The molecule has 0 fully saturated rings. The number of hydrogen-bond acceptors (Lipinski definition) is 6. The Balaban J connectivity index is 3.01. The largest absolute Gasteiger partial charge is 0.480 e. The molecule has 38 heavy (non-hydrogen) atoms. The van der Waals surface area contributed by atoms with Gasteiger partial charge in [-0.05, 0) is 43.1 Å². The summed E-state index contributed by atoms with van der Waals surface area (Å²) in [5.74, 6) is -3.34. The van der Waals surface area contributed by atoms with E-state index in [0.29, 0.717) is 19.3 Å². The van der Waals surface area contributed by atoms with Crippen molar-refractivity contribution in [2.45, 2.75) is 77.5 Å². The first-order valence-corrected chi connectivity index (χ1v) is 12.8. The van der Waals surface area contributed by atoms with E-state index in [4.69, 9.17) is 17.2 Å². The summed E-state index contributed by atoms with van der Waals surface area (Å²) in [5, 5.41) is 17.4. The average Bonchev–Trinajstić information content (AvgIpc) is 2.83. The number of carboxylic acid groups (broad SMARTS) is 1. The van der Waals surface area contributed by atoms with E-state index < -0.39 is 47.9 Å². The highest BCUT2D eigenvalue weighted by Gasteiger charge is 2.31. The second-order valence-electron chi connectivity index (χ2n) is 10.1. The number of carbonyl (C=O) groups is 4. The highest BCUT2D eigenvalue weighted by molar-refractivity contribution is 5.94. The van der Waals surface area contributed by atoms with Crippen LogP contribution in [0.3, 0.4) is 0 Å². The molecule has 0 aliphatic rings. The summed E-state index contributed by atoms with van der Waals surface area (Å²) < 4.78 is 0. The number of carbonyl (C=O) groups excluding carboxylic acids is 3. The van der Waals surface area contributed by atoms with Crippen LogP contribution < -0.4 is 33.2 Å². The van der Waals surface area contributed by atoms with Gasteiger partial charge in [0.25, 0.3) is 0 Å². The van der Waals surface area contributed by atoms with E-state index in [-0.39, 0.29) is 30.8 Å². The van der Waals surface area contributed by atoms with Crippen molar-refractivity contribution in [1.29, 1.82) is 0 Å². The molecule has 1 rings (SSSR count). The molecule has 0 saturated carbocycles. The van der Waals surface area contributed by atoms with Crippen molar-refractivity contribution in [3.05, 3.63) is 35.9 Å². The van der Waals surface area contributed by atoms with Crippen molar-refractivity contribution in [2.75, 3.05) is 6.54 Å². The van der Waals surface area contributed by atoms with Crippen LogP contribution in [0, 0.1) is 11.8 Å². The van der Waals surface area contributed by atoms with Gasteiger partial charge < -0.3 is 38.3 Å². The summed E-state index contributed by atoms with van der Waals surface area (Å²) in [7, 11) is 0. The number of aliphatic carboxylic acids is 1. The lowest BCUT2D eigenvalue weighted by atomic mass is 10.00. The number of guanidine groups is 1. The molecule has 0 saturated heterocycles. The Morgan fingerprint density at radius 2 is 1.47 bits per heavy atom. The van der Waals surface area contributed by atoms with Gasteiger partial charge in [-0.1, -0.05) is 58.0 Å². The predicted octanol–water partition coefficient (Wildman–Crippen LogP) is -0.149. The number of hydrogen-bond donors (Lipinski definition) is 7. The third-order valence-electron chi connectivity index (χ3n) is 5.78. The van der Waals surface area contributed by atoms with E-state index in [1.165, 1.54) is 0 Å². The number of carboxylic acids is 1. The number of nitrogens with zero attached hydrogens (tertiary/aromatic N) is 1. The van der Waals surface area contributed by atoms with Crippen LogP contribution in [0.4, 0.5) is 0 Å². The molecule has 0 heterocycles. The molecule has 0 aliphatic carbocycles. The Labute approximate surface area is 224 Å². The first-order valence-electron chi connectivity index (χ1n) is 12.8. The minimum atomic E-state index is -1.18. The van der Waals surface area contributed by atoms with Crippen LogP contribution in [-0.2, 0) is 25.6 Å². The number of rotatable bonds is 16. The lowest BCUT2D eigenvalue weighted by Gasteiger charge is -2.26. The fraction of sp³-hybridized carbons (Fsp3) is 0.577. The Kier molecular flexibility index (Phi) is 13.8. The van der Waals surface area contributed by atoms with E-state index in [1.54, 1.807) is 13.8 Å². The number of aliphatic imine (C=N–C) groups is 1. The second kappa shape index (κ2) is 16.2. The van der Waals surface area contributed by atoms with Gasteiger partial charge in [-0.3, -0.25) is 19.4 Å². The van der Waals surface area contributed by atoms with E-state index >= 15 is 0 Å². The quantitative estimate of drug-likeness (QED) is 0.0859. The SMILES string of the molecule is CC(C)CC(NC(=O)C(N)Cc1ccccc1)C(=O)NC(CCCN=C(N)N)C(=O)NC(C(=O)O)C(C)C. The van der Waals surface area contributed by atoms with Gasteiger partial charge in [-0.2, -0.15) is 0 Å². The molecule has 4 atom stereocenters. The monoisotopic (exact) mass is 533 g/mol. The molecule has 1 aromatic rings. The Morgan fingerprint density at radius 3 is 2.00 bits per heavy atom. The van der Waals surface area contributed by atoms with E-state index in [2.05, 4.69) is 20.9 Å². The van der Waals surface area contributed by atoms with Gasteiger partial charge in [0.1, 0.15) is 18.1 Å². The van der Waals surface area contributed by atoms with Gasteiger partial charge in [0, 0.05) is 6.54 Å². The molecule has 12 nitrogen and oxygen atoms in total. The summed E-state index contributed by atoms with van der Waals surface area (Å²) in [4.78, 5) is 54.6. The fourth-order valence-electron chi connectivity index (χ4n) is 3.75. The van der Waals surface area contributed by atoms with Crippen LogP contribution in [0.15, 0.2) is 35.3 Å². The molecule has 0 bridgehead atoms. The number of amides is 3. The molecule has 0 spiro atoms. The Hall–Kier alpha value is -3.67. The van der Waals surface area contributed by atoms with Crippen LogP contribution in [0.1, 0.15) is 52.5 Å². The van der Waals surface area contributed by atoms with Crippen LogP contribution in [-0.4, -0.2) is 65.5 Å². The van der Waals surface area contributed by atoms with Gasteiger partial charge in [0.05, 0.1) is 6.04 Å². The topological polar surface area (TPSA) is 215 Å². The van der Waals surface area contributed by atoms with E-state index in [0.717, 1.165) is 5.56 Å². The summed E-state index contributed by atoms with van der Waals surface area (Å²) >= 11 is 0. The summed E-state index contributed by atoms with van der Waals surface area (Å²) in [6, 6.07) is 5.25. The van der Waals surface area contributed by atoms with Crippen molar-refractivity contribution < 1.29 is 24.3 Å². The fourth-order valence-corrected chi connectivity index (χ4v) is 3.75. The van der Waals surface area contributed by atoms with Crippen LogP contribution in [0.2, 0.25) is 0 Å². The Morgan fingerprint density at radius 1 is 0.895 bits per heavy atom. The van der Waals surface area contributed by atoms with Crippen molar-refractivity contribution in [3.63, 3.8) is 0 Å². The molecular formula is C26H43N7O5. The normalized spacial score (nSPS) is 14.2. The first kappa shape index (κ1) is 32.4. The summed E-state index contributed by atoms with van der Waals surface area (Å²) in [6.45, 7) is 7.34. The smallest absolute Gasteiger partial charge is 0.326 e. The van der Waals surface area contributed by atoms with E-state index in [1.807, 2.05) is 44.2 Å². The molecule has 10 N–H and O–H groups in total. The number of nitrogens with two attached hydrogens (primary N) is 3.